The summed E-state index contributed by atoms with van der Waals surface area (Å²) in [4.78, 5) is 11.0. The molecule has 0 saturated heterocycles. The average Bonchev–Trinajstić information content (AvgIpc) is 2.18. The number of unbranched alkanes of at least 4 members (excludes halogenated alkanes) is 2. The number of carbonyl (C=O) groups is 1. The average molecular weight is 211 g/mol. The summed E-state index contributed by atoms with van der Waals surface area (Å²) in [6.07, 6.45) is 9.11. The Balaban J connectivity index is 4.31. The van der Waals surface area contributed by atoms with Crippen molar-refractivity contribution in [3.05, 3.63) is 24.8 Å². The van der Waals surface area contributed by atoms with E-state index in [0.717, 1.165) is 25.7 Å². The van der Waals surface area contributed by atoms with Crippen LogP contribution in [0.15, 0.2) is 24.8 Å². The van der Waals surface area contributed by atoms with E-state index in [1.165, 1.54) is 0 Å². The van der Waals surface area contributed by atoms with Crippen molar-refractivity contribution in [3.63, 3.8) is 0 Å². The number of hydrogen-bond donors (Lipinski definition) is 2. The lowest BCUT2D eigenvalue weighted by atomic mass is 9.93. The summed E-state index contributed by atoms with van der Waals surface area (Å²) >= 11 is 0. The van der Waals surface area contributed by atoms with Gasteiger partial charge >= 0.3 is 5.97 Å². The Morgan fingerprint density at radius 3 is 2.67 bits per heavy atom. The zero-order valence-electron chi connectivity index (χ0n) is 9.41. The van der Waals surface area contributed by atoms with E-state index in [0.29, 0.717) is 6.42 Å². The van der Waals surface area contributed by atoms with Crippen molar-refractivity contribution in [1.29, 1.82) is 0 Å². The van der Waals surface area contributed by atoms with Gasteiger partial charge in [0.1, 0.15) is 5.54 Å². The predicted molar refractivity (Wildman–Crippen MR) is 62.7 cm³/mol. The van der Waals surface area contributed by atoms with Crippen LogP contribution < -0.4 is 5.73 Å². The summed E-state index contributed by atoms with van der Waals surface area (Å²) in [7, 11) is 0. The topological polar surface area (TPSA) is 63.3 Å². The fraction of sp³-hybridized carbons (Fsp3) is 0.583. The van der Waals surface area contributed by atoms with Gasteiger partial charge in [-0.25, -0.2) is 4.79 Å². The summed E-state index contributed by atoms with van der Waals surface area (Å²) in [6.45, 7) is 5.64. The number of hydrogen-bond acceptors (Lipinski definition) is 2. The van der Waals surface area contributed by atoms with Crippen molar-refractivity contribution >= 4 is 5.97 Å². The number of aliphatic carboxylic acids is 1. The van der Waals surface area contributed by atoms with E-state index in [9.17, 15) is 4.79 Å². The Hall–Kier alpha value is -1.09. The third kappa shape index (κ3) is 5.37. The van der Waals surface area contributed by atoms with Crippen molar-refractivity contribution < 1.29 is 9.90 Å². The molecule has 0 bridgehead atoms. The second-order valence-corrected chi connectivity index (χ2v) is 3.72. The molecule has 0 fully saturated rings. The van der Waals surface area contributed by atoms with Crippen LogP contribution in [0.1, 0.15) is 39.0 Å². The molecule has 1 unspecified atom stereocenters. The van der Waals surface area contributed by atoms with Crippen molar-refractivity contribution in [1.82, 2.24) is 0 Å². The Morgan fingerprint density at radius 2 is 2.20 bits per heavy atom. The molecule has 3 nitrogen and oxygen atoms in total. The van der Waals surface area contributed by atoms with E-state index in [1.807, 2.05) is 13.0 Å². The highest BCUT2D eigenvalue weighted by Gasteiger charge is 2.29. The highest BCUT2D eigenvalue weighted by Crippen LogP contribution is 2.14. The van der Waals surface area contributed by atoms with Gasteiger partial charge in [-0.3, -0.25) is 0 Å². The fourth-order valence-electron chi connectivity index (χ4n) is 1.26. The molecule has 3 N–H and O–H groups in total. The van der Waals surface area contributed by atoms with Gasteiger partial charge in [0.2, 0.25) is 0 Å². The summed E-state index contributed by atoms with van der Waals surface area (Å²) in [5, 5.41) is 9.03. The number of rotatable bonds is 8. The van der Waals surface area contributed by atoms with Crippen LogP contribution in [0.4, 0.5) is 0 Å². The molecule has 0 amide bonds. The van der Waals surface area contributed by atoms with Gasteiger partial charge in [-0.15, -0.1) is 6.58 Å². The molecular formula is C12H21NO2. The number of carboxylic acid groups (broad SMARTS) is 1. The Bertz CT molecular complexity index is 236. The van der Waals surface area contributed by atoms with Gasteiger partial charge in [0.15, 0.2) is 0 Å². The highest BCUT2D eigenvalue weighted by atomic mass is 16.4. The molecule has 0 aliphatic carbocycles. The van der Waals surface area contributed by atoms with Gasteiger partial charge in [-0.1, -0.05) is 31.6 Å². The second-order valence-electron chi connectivity index (χ2n) is 3.72. The lowest BCUT2D eigenvalue weighted by Crippen LogP contribution is -2.46. The molecule has 0 aromatic carbocycles. The van der Waals surface area contributed by atoms with Gasteiger partial charge in [-0.05, 0) is 25.7 Å². The summed E-state index contributed by atoms with van der Waals surface area (Å²) in [5.74, 6) is -0.959. The van der Waals surface area contributed by atoms with E-state index in [1.54, 1.807) is 12.2 Å². The van der Waals surface area contributed by atoms with E-state index in [-0.39, 0.29) is 0 Å². The Morgan fingerprint density at radius 1 is 1.53 bits per heavy atom. The normalized spacial score (nSPS) is 15.1. The largest absolute Gasteiger partial charge is 0.480 e. The van der Waals surface area contributed by atoms with Crippen molar-refractivity contribution in [2.24, 2.45) is 5.73 Å². The smallest absolute Gasteiger partial charge is 0.327 e. The van der Waals surface area contributed by atoms with Crippen LogP contribution >= 0.6 is 0 Å². The van der Waals surface area contributed by atoms with Crippen LogP contribution in [0.3, 0.4) is 0 Å². The van der Waals surface area contributed by atoms with Crippen molar-refractivity contribution in [2.75, 3.05) is 0 Å². The standard InChI is InChI=1S/C12H21NO2/c1-3-5-7-9-12(13,11(14)15)10-8-6-4-2/h3,8,10H,1,4-7,9,13H2,2H3,(H,14,15)/b10-8+. The number of allylic oxidation sites excluding steroid dienone is 2. The third-order valence-corrected chi connectivity index (χ3v) is 2.27. The molecular weight excluding hydrogens is 190 g/mol. The molecule has 3 heteroatoms. The van der Waals surface area contributed by atoms with Crippen LogP contribution in [-0.2, 0) is 4.79 Å². The number of nitrogens with two attached hydrogens (primary N) is 1. The maximum absolute atomic E-state index is 11.0. The van der Waals surface area contributed by atoms with Crippen molar-refractivity contribution in [3.8, 4) is 0 Å². The van der Waals surface area contributed by atoms with Crippen LogP contribution in [-0.4, -0.2) is 16.6 Å². The summed E-state index contributed by atoms with van der Waals surface area (Å²) in [6, 6.07) is 0. The zero-order valence-corrected chi connectivity index (χ0v) is 9.41. The van der Waals surface area contributed by atoms with E-state index < -0.39 is 11.5 Å². The first kappa shape index (κ1) is 13.9. The molecule has 0 spiro atoms. The van der Waals surface area contributed by atoms with Crippen LogP contribution in [0, 0.1) is 0 Å². The highest BCUT2D eigenvalue weighted by molar-refractivity contribution is 5.81. The van der Waals surface area contributed by atoms with Crippen LogP contribution in [0.25, 0.3) is 0 Å². The first-order valence-electron chi connectivity index (χ1n) is 5.37. The maximum Gasteiger partial charge on any atom is 0.327 e. The fourth-order valence-corrected chi connectivity index (χ4v) is 1.26. The van der Waals surface area contributed by atoms with Gasteiger partial charge in [-0.2, -0.15) is 0 Å². The quantitative estimate of drug-likeness (QED) is 0.479. The summed E-state index contributed by atoms with van der Waals surface area (Å²) < 4.78 is 0. The second kappa shape index (κ2) is 7.23. The van der Waals surface area contributed by atoms with Crippen molar-refractivity contribution in [2.45, 2.75) is 44.6 Å². The lowest BCUT2D eigenvalue weighted by Gasteiger charge is -2.20. The minimum atomic E-state index is -1.21. The lowest BCUT2D eigenvalue weighted by molar-refractivity contribution is -0.141. The van der Waals surface area contributed by atoms with Crippen LogP contribution in [0.5, 0.6) is 0 Å². The van der Waals surface area contributed by atoms with Gasteiger partial charge in [0.25, 0.3) is 0 Å². The first-order valence-corrected chi connectivity index (χ1v) is 5.37. The first-order chi connectivity index (χ1) is 7.06. The van der Waals surface area contributed by atoms with E-state index in [4.69, 9.17) is 10.8 Å². The Kier molecular flexibility index (Phi) is 6.71. The molecule has 15 heavy (non-hydrogen) atoms. The minimum absolute atomic E-state index is 0.453. The monoisotopic (exact) mass is 211 g/mol. The van der Waals surface area contributed by atoms with E-state index >= 15 is 0 Å². The van der Waals surface area contributed by atoms with Crippen LogP contribution in [0.2, 0.25) is 0 Å². The molecule has 0 radical (unpaired) electrons. The molecule has 1 atom stereocenters. The van der Waals surface area contributed by atoms with Gasteiger partial charge < -0.3 is 10.8 Å². The Labute approximate surface area is 91.7 Å². The minimum Gasteiger partial charge on any atom is -0.480 e. The molecule has 0 aromatic rings. The molecule has 0 aliphatic heterocycles. The molecule has 0 aromatic heterocycles. The molecule has 0 rings (SSSR count). The number of carboxylic acids is 1. The third-order valence-electron chi connectivity index (χ3n) is 2.27. The van der Waals surface area contributed by atoms with Gasteiger partial charge in [0.05, 0.1) is 0 Å². The van der Waals surface area contributed by atoms with E-state index in [2.05, 4.69) is 6.58 Å². The molecule has 0 heterocycles. The summed E-state index contributed by atoms with van der Waals surface area (Å²) in [5.41, 5.74) is 4.59. The maximum atomic E-state index is 11.0. The SMILES string of the molecule is C=CCCCC(N)(/C=C/CCC)C(=O)O. The zero-order chi connectivity index (χ0) is 11.7. The predicted octanol–water partition coefficient (Wildman–Crippen LogP) is 2.48. The molecule has 86 valence electrons. The molecule has 0 aliphatic rings. The van der Waals surface area contributed by atoms with Gasteiger partial charge in [0, 0.05) is 0 Å². The molecule has 0 saturated carbocycles.